The summed E-state index contributed by atoms with van der Waals surface area (Å²) in [6.45, 7) is 3.46. The fourth-order valence-electron chi connectivity index (χ4n) is 1.07. The Morgan fingerprint density at radius 3 is 2.94 bits per heavy atom. The maximum atomic E-state index is 11.7. The zero-order chi connectivity index (χ0) is 12.2. The van der Waals surface area contributed by atoms with Gasteiger partial charge in [-0.2, -0.15) is 15.4 Å². The predicted molar refractivity (Wildman–Crippen MR) is 56.0 cm³/mol. The van der Waals surface area contributed by atoms with E-state index in [1.807, 2.05) is 0 Å². The van der Waals surface area contributed by atoms with Crippen molar-refractivity contribution in [3.63, 3.8) is 0 Å². The Hall–Kier alpha value is -2.12. The molecule has 0 aliphatic carbocycles. The van der Waals surface area contributed by atoms with Gasteiger partial charge in [0.1, 0.15) is 0 Å². The summed E-state index contributed by atoms with van der Waals surface area (Å²) in [5.74, 6) is -0.503. The molecule has 8 nitrogen and oxygen atoms in total. The first kappa shape index (κ1) is 12.0. The van der Waals surface area contributed by atoms with Gasteiger partial charge in [0.05, 0.1) is 11.7 Å². The van der Waals surface area contributed by atoms with E-state index in [4.69, 9.17) is 10.9 Å². The quantitative estimate of drug-likeness (QED) is 0.237. The number of nitrogens with zero attached hydrogens (tertiary/aromatic N) is 3. The van der Waals surface area contributed by atoms with Crippen molar-refractivity contribution in [2.45, 2.75) is 25.8 Å². The van der Waals surface area contributed by atoms with E-state index in [2.05, 4.69) is 25.9 Å². The van der Waals surface area contributed by atoms with Crippen LogP contribution < -0.4 is 11.1 Å². The molecule has 5 N–H and O–H groups in total. The molecule has 16 heavy (non-hydrogen) atoms. The van der Waals surface area contributed by atoms with Crippen LogP contribution in [0.5, 0.6) is 0 Å². The lowest BCUT2D eigenvalue weighted by molar-refractivity contribution is 0.0919. The molecule has 1 aromatic heterocycles. The molecule has 0 fully saturated rings. The summed E-state index contributed by atoms with van der Waals surface area (Å²) >= 11 is 0. The predicted octanol–water partition coefficient (Wildman–Crippen LogP) is -0.550. The molecule has 0 saturated carbocycles. The van der Waals surface area contributed by atoms with Gasteiger partial charge < -0.3 is 16.3 Å². The van der Waals surface area contributed by atoms with Gasteiger partial charge in [-0.25, -0.2) is 0 Å². The van der Waals surface area contributed by atoms with Crippen molar-refractivity contribution in [2.24, 2.45) is 10.9 Å². The fourth-order valence-corrected chi connectivity index (χ4v) is 1.07. The Morgan fingerprint density at radius 2 is 2.50 bits per heavy atom. The van der Waals surface area contributed by atoms with Gasteiger partial charge in [-0.05, 0) is 13.3 Å². The summed E-state index contributed by atoms with van der Waals surface area (Å²) in [5, 5.41) is 23.6. The molecule has 8 heteroatoms. The van der Waals surface area contributed by atoms with E-state index in [9.17, 15) is 4.79 Å². The molecular formula is C8H14N6O2. The Balaban J connectivity index is 2.82. The van der Waals surface area contributed by atoms with E-state index in [0.717, 1.165) is 0 Å². The summed E-state index contributed by atoms with van der Waals surface area (Å²) in [5.41, 5.74) is 4.74. The highest BCUT2D eigenvalue weighted by Crippen LogP contribution is 2.10. The highest BCUT2D eigenvalue weighted by atomic mass is 16.4. The van der Waals surface area contributed by atoms with Crippen LogP contribution in [0, 0.1) is 0 Å². The number of aromatic amines is 1. The van der Waals surface area contributed by atoms with Crippen molar-refractivity contribution in [3.05, 3.63) is 11.9 Å². The van der Waals surface area contributed by atoms with Crippen molar-refractivity contribution in [1.82, 2.24) is 20.7 Å². The summed E-state index contributed by atoms with van der Waals surface area (Å²) in [6.07, 6.45) is 1.77. The first-order valence-corrected chi connectivity index (χ1v) is 4.69. The molecule has 1 aromatic rings. The number of amidine groups is 1. The smallest absolute Gasteiger partial charge is 0.274 e. The molecule has 1 heterocycles. The number of hydrogen-bond acceptors (Lipinski definition) is 5. The highest BCUT2D eigenvalue weighted by Gasteiger charge is 2.30. The van der Waals surface area contributed by atoms with Gasteiger partial charge in [0.15, 0.2) is 11.5 Å². The number of amides is 1. The van der Waals surface area contributed by atoms with Crippen LogP contribution in [0.4, 0.5) is 0 Å². The summed E-state index contributed by atoms with van der Waals surface area (Å²) in [4.78, 5) is 11.7. The third-order valence-corrected chi connectivity index (χ3v) is 2.42. The molecule has 0 aliphatic rings. The minimum absolute atomic E-state index is 0.0631. The van der Waals surface area contributed by atoms with Gasteiger partial charge in [-0.15, -0.1) is 0 Å². The van der Waals surface area contributed by atoms with Crippen LogP contribution in [-0.4, -0.2) is 37.9 Å². The summed E-state index contributed by atoms with van der Waals surface area (Å²) < 4.78 is 0. The van der Waals surface area contributed by atoms with E-state index in [1.165, 1.54) is 6.20 Å². The zero-order valence-electron chi connectivity index (χ0n) is 9.06. The number of aromatic nitrogens is 3. The highest BCUT2D eigenvalue weighted by molar-refractivity contribution is 5.98. The molecular weight excluding hydrogens is 212 g/mol. The second kappa shape index (κ2) is 4.60. The Bertz CT molecular complexity index is 387. The van der Waals surface area contributed by atoms with E-state index >= 15 is 0 Å². The van der Waals surface area contributed by atoms with Crippen LogP contribution in [0.3, 0.4) is 0 Å². The number of oxime groups is 1. The van der Waals surface area contributed by atoms with Crippen LogP contribution in [0.15, 0.2) is 11.4 Å². The van der Waals surface area contributed by atoms with Crippen LogP contribution >= 0.6 is 0 Å². The molecule has 1 unspecified atom stereocenters. The molecule has 0 spiro atoms. The summed E-state index contributed by atoms with van der Waals surface area (Å²) in [6, 6.07) is 0. The number of carbonyl (C=O) groups excluding carboxylic acids is 1. The average molecular weight is 226 g/mol. The molecule has 0 bridgehead atoms. The zero-order valence-corrected chi connectivity index (χ0v) is 9.06. The number of carbonyl (C=O) groups is 1. The van der Waals surface area contributed by atoms with Gasteiger partial charge in [-0.3, -0.25) is 4.79 Å². The van der Waals surface area contributed by atoms with Crippen molar-refractivity contribution in [2.75, 3.05) is 0 Å². The van der Waals surface area contributed by atoms with Gasteiger partial charge in [0.25, 0.3) is 5.91 Å². The van der Waals surface area contributed by atoms with Crippen molar-refractivity contribution in [3.8, 4) is 0 Å². The molecule has 0 aliphatic heterocycles. The number of nitrogens with two attached hydrogens (primary N) is 1. The Kier molecular flexibility index (Phi) is 3.44. The number of rotatable bonds is 4. The maximum absolute atomic E-state index is 11.7. The van der Waals surface area contributed by atoms with Gasteiger partial charge in [0.2, 0.25) is 0 Å². The van der Waals surface area contributed by atoms with Crippen LogP contribution in [0.25, 0.3) is 0 Å². The van der Waals surface area contributed by atoms with Crippen LogP contribution in [0.2, 0.25) is 0 Å². The third-order valence-electron chi connectivity index (χ3n) is 2.42. The minimum atomic E-state index is -0.912. The van der Waals surface area contributed by atoms with Gasteiger partial charge >= 0.3 is 0 Å². The van der Waals surface area contributed by atoms with E-state index in [1.54, 1.807) is 13.8 Å². The minimum Gasteiger partial charge on any atom is -0.409 e. The standard InChI is InChI=1S/C8H14N6O2/c1-3-8(2,7(9)13-16)11-6(15)5-4-10-14-12-5/h4,16H,3H2,1-2H3,(H2,9,13)(H,11,15)(H,10,12,14). The molecule has 1 atom stereocenters. The molecule has 0 saturated heterocycles. The Morgan fingerprint density at radius 1 is 1.81 bits per heavy atom. The molecule has 0 aromatic carbocycles. The van der Waals surface area contributed by atoms with Crippen molar-refractivity contribution < 1.29 is 10.0 Å². The molecule has 88 valence electrons. The molecule has 1 amide bonds. The maximum Gasteiger partial charge on any atom is 0.274 e. The number of hydrogen-bond donors (Lipinski definition) is 4. The third kappa shape index (κ3) is 2.27. The molecule has 1 rings (SSSR count). The molecule has 0 radical (unpaired) electrons. The van der Waals surface area contributed by atoms with Crippen LogP contribution in [-0.2, 0) is 0 Å². The second-order valence-electron chi connectivity index (χ2n) is 3.48. The van der Waals surface area contributed by atoms with Crippen molar-refractivity contribution >= 4 is 11.7 Å². The van der Waals surface area contributed by atoms with Gasteiger partial charge in [0, 0.05) is 0 Å². The van der Waals surface area contributed by atoms with Crippen molar-refractivity contribution in [1.29, 1.82) is 0 Å². The summed E-state index contributed by atoms with van der Waals surface area (Å²) in [7, 11) is 0. The normalized spacial score (nSPS) is 15.5. The number of nitrogens with one attached hydrogen (secondary N) is 2. The van der Waals surface area contributed by atoms with E-state index < -0.39 is 11.4 Å². The number of H-pyrrole nitrogens is 1. The SMILES string of the molecule is CCC(C)(NC(=O)c1cn[nH]n1)C(N)=NO. The lowest BCUT2D eigenvalue weighted by Gasteiger charge is -2.27. The van der Waals surface area contributed by atoms with Gasteiger partial charge in [-0.1, -0.05) is 12.1 Å². The largest absolute Gasteiger partial charge is 0.409 e. The monoisotopic (exact) mass is 226 g/mol. The van der Waals surface area contributed by atoms with Crippen LogP contribution in [0.1, 0.15) is 30.8 Å². The first-order valence-electron chi connectivity index (χ1n) is 4.69. The second-order valence-corrected chi connectivity index (χ2v) is 3.48. The Labute approximate surface area is 91.9 Å². The lowest BCUT2D eigenvalue weighted by Crippen LogP contribution is -2.55. The first-order chi connectivity index (χ1) is 7.53. The van der Waals surface area contributed by atoms with E-state index in [0.29, 0.717) is 6.42 Å². The fraction of sp³-hybridized carbons (Fsp3) is 0.500. The topological polar surface area (TPSA) is 129 Å². The van der Waals surface area contributed by atoms with E-state index in [-0.39, 0.29) is 11.5 Å². The average Bonchev–Trinajstić information content (AvgIpc) is 2.81. The lowest BCUT2D eigenvalue weighted by atomic mass is 9.97.